The highest BCUT2D eigenvalue weighted by Gasteiger charge is 2.22. The van der Waals surface area contributed by atoms with Crippen LogP contribution in [-0.4, -0.2) is 17.4 Å². The molecule has 3 nitrogen and oxygen atoms in total. The van der Waals surface area contributed by atoms with Gasteiger partial charge in [-0.1, -0.05) is 13.8 Å². The number of nitrogens with zero attached hydrogens (tertiary/aromatic N) is 1. The molecule has 0 amide bonds. The van der Waals surface area contributed by atoms with Crippen LogP contribution >= 0.6 is 0 Å². The van der Waals surface area contributed by atoms with E-state index < -0.39 is 0 Å². The molecule has 0 bridgehead atoms. The molecule has 14 heavy (non-hydrogen) atoms. The molecule has 1 aromatic heterocycles. The molecule has 1 aliphatic heterocycles. The van der Waals surface area contributed by atoms with Gasteiger partial charge in [-0.2, -0.15) is 0 Å². The molecular weight excluding hydrogens is 178 g/mol. The number of hydrogen-bond donors (Lipinski definition) is 0. The second-order valence-electron chi connectivity index (χ2n) is 3.80. The summed E-state index contributed by atoms with van der Waals surface area (Å²) in [5.41, 5.74) is 2.66. The van der Waals surface area contributed by atoms with Crippen LogP contribution in [0.25, 0.3) is 0 Å². The lowest BCUT2D eigenvalue weighted by Gasteiger charge is -2.19. The standard InChI is InChI=1S/C11H13NO2/c1-7(2)11-10-8(3-4-12-11)5-14-6-9(10)13/h3-4,7H,5-6H2,1-2H3. The minimum absolute atomic E-state index is 0.0584. The van der Waals surface area contributed by atoms with Crippen molar-refractivity contribution < 1.29 is 9.53 Å². The molecule has 0 saturated heterocycles. The van der Waals surface area contributed by atoms with Crippen LogP contribution in [0.2, 0.25) is 0 Å². The van der Waals surface area contributed by atoms with Crippen molar-refractivity contribution in [1.82, 2.24) is 4.98 Å². The molecule has 3 heteroatoms. The number of Topliss-reactive ketones (excluding diaryl/α,β-unsaturated/α-hetero) is 1. The van der Waals surface area contributed by atoms with Crippen molar-refractivity contribution >= 4 is 5.78 Å². The van der Waals surface area contributed by atoms with E-state index in [9.17, 15) is 4.79 Å². The number of pyridine rings is 1. The van der Waals surface area contributed by atoms with Crippen LogP contribution in [0, 0.1) is 0 Å². The lowest BCUT2D eigenvalue weighted by molar-refractivity contribution is 0.0662. The number of rotatable bonds is 1. The van der Waals surface area contributed by atoms with Crippen molar-refractivity contribution in [2.45, 2.75) is 26.4 Å². The summed E-state index contributed by atoms with van der Waals surface area (Å²) in [6.45, 7) is 4.82. The zero-order valence-electron chi connectivity index (χ0n) is 8.41. The van der Waals surface area contributed by atoms with E-state index in [1.807, 2.05) is 19.9 Å². The van der Waals surface area contributed by atoms with Crippen LogP contribution in [0.3, 0.4) is 0 Å². The van der Waals surface area contributed by atoms with Crippen LogP contribution < -0.4 is 0 Å². The Morgan fingerprint density at radius 3 is 2.93 bits per heavy atom. The summed E-state index contributed by atoms with van der Waals surface area (Å²) in [5, 5.41) is 0. The topological polar surface area (TPSA) is 39.2 Å². The van der Waals surface area contributed by atoms with Crippen LogP contribution in [0.15, 0.2) is 12.3 Å². The maximum absolute atomic E-state index is 11.6. The lowest BCUT2D eigenvalue weighted by atomic mass is 9.95. The molecule has 1 aliphatic rings. The average molecular weight is 191 g/mol. The van der Waals surface area contributed by atoms with Gasteiger partial charge in [0, 0.05) is 11.8 Å². The predicted octanol–water partition coefficient (Wildman–Crippen LogP) is 1.92. The Bertz CT molecular complexity index is 372. The molecule has 0 aromatic carbocycles. The number of hydrogen-bond acceptors (Lipinski definition) is 3. The van der Waals surface area contributed by atoms with Crippen molar-refractivity contribution in [1.29, 1.82) is 0 Å². The largest absolute Gasteiger partial charge is 0.369 e. The summed E-state index contributed by atoms with van der Waals surface area (Å²) in [5.74, 6) is 0.343. The Labute approximate surface area is 83.1 Å². The molecule has 0 unspecified atom stereocenters. The van der Waals surface area contributed by atoms with Gasteiger partial charge in [0.2, 0.25) is 0 Å². The van der Waals surface area contributed by atoms with Gasteiger partial charge in [-0.3, -0.25) is 9.78 Å². The fraction of sp³-hybridized carbons (Fsp3) is 0.455. The maximum Gasteiger partial charge on any atom is 0.190 e. The van der Waals surface area contributed by atoms with Crippen molar-refractivity contribution in [2.75, 3.05) is 6.61 Å². The lowest BCUT2D eigenvalue weighted by Crippen LogP contribution is -2.21. The van der Waals surface area contributed by atoms with Crippen LogP contribution in [0.5, 0.6) is 0 Å². The molecule has 0 fully saturated rings. The van der Waals surface area contributed by atoms with Gasteiger partial charge < -0.3 is 4.74 Å². The van der Waals surface area contributed by atoms with Gasteiger partial charge in [0.15, 0.2) is 5.78 Å². The van der Waals surface area contributed by atoms with E-state index >= 15 is 0 Å². The van der Waals surface area contributed by atoms with Gasteiger partial charge in [0.05, 0.1) is 12.3 Å². The first-order chi connectivity index (χ1) is 6.70. The van der Waals surface area contributed by atoms with E-state index in [4.69, 9.17) is 4.74 Å². The molecular formula is C11H13NO2. The number of ketones is 1. The van der Waals surface area contributed by atoms with E-state index in [-0.39, 0.29) is 18.3 Å². The molecule has 0 atom stereocenters. The Balaban J connectivity index is 2.57. The van der Waals surface area contributed by atoms with Gasteiger partial charge >= 0.3 is 0 Å². The third-order valence-corrected chi connectivity index (χ3v) is 2.38. The monoisotopic (exact) mass is 191 g/mol. The average Bonchev–Trinajstić information content (AvgIpc) is 2.17. The van der Waals surface area contributed by atoms with Crippen molar-refractivity contribution in [3.63, 3.8) is 0 Å². The van der Waals surface area contributed by atoms with Gasteiger partial charge in [-0.25, -0.2) is 0 Å². The molecule has 0 spiro atoms. The van der Waals surface area contributed by atoms with E-state index in [1.165, 1.54) is 0 Å². The molecule has 74 valence electrons. The van der Waals surface area contributed by atoms with Gasteiger partial charge in [0.25, 0.3) is 0 Å². The summed E-state index contributed by atoms with van der Waals surface area (Å²) in [7, 11) is 0. The minimum atomic E-state index is 0.0584. The molecule has 0 radical (unpaired) electrons. The number of aromatic nitrogens is 1. The molecule has 0 aliphatic carbocycles. The Hall–Kier alpha value is -1.22. The zero-order valence-corrected chi connectivity index (χ0v) is 8.41. The van der Waals surface area contributed by atoms with Crippen LogP contribution in [0.1, 0.15) is 41.4 Å². The summed E-state index contributed by atoms with van der Waals surface area (Å²) in [4.78, 5) is 15.9. The first-order valence-corrected chi connectivity index (χ1v) is 4.79. The van der Waals surface area contributed by atoms with Crippen molar-refractivity contribution in [2.24, 2.45) is 0 Å². The third kappa shape index (κ3) is 1.44. The van der Waals surface area contributed by atoms with Crippen LogP contribution in [0.4, 0.5) is 0 Å². The fourth-order valence-corrected chi connectivity index (χ4v) is 1.73. The van der Waals surface area contributed by atoms with Crippen LogP contribution in [-0.2, 0) is 11.3 Å². The van der Waals surface area contributed by atoms with Gasteiger partial charge in [0.1, 0.15) is 6.61 Å². The molecule has 1 aromatic rings. The molecule has 2 heterocycles. The maximum atomic E-state index is 11.6. The van der Waals surface area contributed by atoms with E-state index in [1.54, 1.807) is 6.20 Å². The highest BCUT2D eigenvalue weighted by molar-refractivity contribution is 6.00. The normalized spacial score (nSPS) is 15.8. The predicted molar refractivity (Wildman–Crippen MR) is 52.3 cm³/mol. The third-order valence-electron chi connectivity index (χ3n) is 2.38. The highest BCUT2D eigenvalue weighted by Crippen LogP contribution is 2.24. The number of fused-ring (bicyclic) bond motifs is 1. The number of carbonyl (C=O) groups is 1. The Morgan fingerprint density at radius 1 is 1.43 bits per heavy atom. The Kier molecular flexibility index (Phi) is 2.33. The first kappa shape index (κ1) is 9.34. The quantitative estimate of drug-likeness (QED) is 0.680. The summed E-state index contributed by atoms with van der Waals surface area (Å²) < 4.78 is 5.17. The van der Waals surface area contributed by atoms with E-state index in [0.29, 0.717) is 6.61 Å². The first-order valence-electron chi connectivity index (χ1n) is 4.79. The summed E-state index contributed by atoms with van der Waals surface area (Å²) >= 11 is 0. The Morgan fingerprint density at radius 2 is 2.21 bits per heavy atom. The number of ether oxygens (including phenoxy) is 1. The van der Waals surface area contributed by atoms with E-state index in [2.05, 4.69) is 4.98 Å². The summed E-state index contributed by atoms with van der Waals surface area (Å²) in [6, 6.07) is 1.86. The zero-order chi connectivity index (χ0) is 10.1. The smallest absolute Gasteiger partial charge is 0.190 e. The molecule has 0 saturated carbocycles. The van der Waals surface area contributed by atoms with Crippen molar-refractivity contribution in [3.8, 4) is 0 Å². The van der Waals surface area contributed by atoms with Gasteiger partial charge in [-0.15, -0.1) is 0 Å². The SMILES string of the molecule is CC(C)c1nccc2c1C(=O)COC2. The molecule has 0 N–H and O–H groups in total. The van der Waals surface area contributed by atoms with Crippen molar-refractivity contribution in [3.05, 3.63) is 29.1 Å². The summed E-state index contributed by atoms with van der Waals surface area (Å²) in [6.07, 6.45) is 1.75. The fourth-order valence-electron chi connectivity index (χ4n) is 1.73. The second-order valence-corrected chi connectivity index (χ2v) is 3.80. The van der Waals surface area contributed by atoms with E-state index in [0.717, 1.165) is 16.8 Å². The number of carbonyl (C=O) groups excluding carboxylic acids is 1. The molecule has 2 rings (SSSR count). The minimum Gasteiger partial charge on any atom is -0.369 e. The van der Waals surface area contributed by atoms with Gasteiger partial charge in [-0.05, 0) is 17.5 Å². The highest BCUT2D eigenvalue weighted by atomic mass is 16.5. The second kappa shape index (κ2) is 3.50.